The largest absolute Gasteiger partial charge is 0.393 e. The van der Waals surface area contributed by atoms with Crippen molar-refractivity contribution in [2.75, 3.05) is 0 Å². The molecule has 0 spiro atoms. The van der Waals surface area contributed by atoms with Crippen LogP contribution in [0, 0.1) is 5.92 Å². The van der Waals surface area contributed by atoms with Crippen molar-refractivity contribution in [1.29, 1.82) is 0 Å². The number of rotatable bonds is 21. The molecule has 1 saturated heterocycles. The van der Waals surface area contributed by atoms with Gasteiger partial charge in [-0.25, -0.2) is 0 Å². The van der Waals surface area contributed by atoms with Crippen LogP contribution in [0.3, 0.4) is 0 Å². The van der Waals surface area contributed by atoms with Crippen LogP contribution in [0.2, 0.25) is 0 Å². The van der Waals surface area contributed by atoms with Gasteiger partial charge in [-0.2, -0.15) is 0 Å². The topological polar surface area (TPSA) is 43.4 Å². The molecule has 1 heterocycles. The average Bonchev–Trinajstić information content (AvgIpc) is 3.03. The van der Waals surface area contributed by atoms with Gasteiger partial charge in [0.1, 0.15) is 0 Å². The maximum atomic E-state index is 11.4. The van der Waals surface area contributed by atoms with Crippen molar-refractivity contribution in [1.82, 2.24) is 0 Å². The van der Waals surface area contributed by atoms with Crippen molar-refractivity contribution in [3.63, 3.8) is 0 Å². The molecule has 0 aliphatic carbocycles. The first kappa shape index (κ1) is 25.9. The van der Waals surface area contributed by atoms with Crippen LogP contribution in [0.25, 0.3) is 0 Å². The number of carbonyl (C=O) groups is 2. The molecule has 0 radical (unpaired) electrons. The fourth-order valence-corrected chi connectivity index (χ4v) is 4.25. The van der Waals surface area contributed by atoms with Gasteiger partial charge in [-0.05, 0) is 19.3 Å². The molecule has 29 heavy (non-hydrogen) atoms. The van der Waals surface area contributed by atoms with Crippen LogP contribution >= 0.6 is 0 Å². The van der Waals surface area contributed by atoms with E-state index in [9.17, 15) is 9.59 Å². The van der Waals surface area contributed by atoms with Crippen molar-refractivity contribution >= 4 is 11.9 Å². The van der Waals surface area contributed by atoms with Gasteiger partial charge in [0.05, 0.1) is 12.3 Å². The van der Waals surface area contributed by atoms with E-state index < -0.39 is 0 Å². The van der Waals surface area contributed by atoms with Crippen molar-refractivity contribution in [3.8, 4) is 0 Å². The molecule has 3 heteroatoms. The lowest BCUT2D eigenvalue weighted by Gasteiger charge is -2.05. The molecule has 0 N–H and O–H groups in total. The van der Waals surface area contributed by atoms with Gasteiger partial charge < -0.3 is 4.74 Å². The fraction of sp³-hybridized carbons (Fsp3) is 0.846. The number of esters is 2. The summed E-state index contributed by atoms with van der Waals surface area (Å²) in [7, 11) is 0. The monoisotopic (exact) mass is 406 g/mol. The number of unbranched alkanes of at least 4 members (excludes halogenated alkanes) is 18. The van der Waals surface area contributed by atoms with E-state index in [1.807, 2.05) is 6.08 Å². The third kappa shape index (κ3) is 15.4. The van der Waals surface area contributed by atoms with Crippen molar-refractivity contribution < 1.29 is 14.3 Å². The first-order valence-corrected chi connectivity index (χ1v) is 12.6. The van der Waals surface area contributed by atoms with Crippen LogP contribution in [-0.2, 0) is 14.3 Å². The standard InChI is InChI=1S/C26H46O3/c1-2-3-4-5-6-7-8-9-10-11-12-13-14-15-16-17-18-19-20-21-22-24-23-25(27)29-26(24)28/h2,24H,1,3-23H2. The molecule has 0 aromatic carbocycles. The average molecular weight is 407 g/mol. The summed E-state index contributed by atoms with van der Waals surface area (Å²) in [5.74, 6) is -0.801. The molecule has 0 amide bonds. The third-order valence-corrected chi connectivity index (χ3v) is 6.17. The Labute approximate surface area is 180 Å². The zero-order valence-electron chi connectivity index (χ0n) is 18.9. The Morgan fingerprint density at radius 2 is 1.03 bits per heavy atom. The Balaban J connectivity index is 1.68. The first-order valence-electron chi connectivity index (χ1n) is 12.6. The molecule has 1 aliphatic rings. The Bertz CT molecular complexity index is 430. The number of hydrogen-bond acceptors (Lipinski definition) is 3. The van der Waals surface area contributed by atoms with Gasteiger partial charge in [-0.1, -0.05) is 115 Å². The van der Waals surface area contributed by atoms with E-state index in [0.29, 0.717) is 6.42 Å². The van der Waals surface area contributed by atoms with Crippen LogP contribution in [0.4, 0.5) is 0 Å². The number of ether oxygens (including phenoxy) is 1. The predicted molar refractivity (Wildman–Crippen MR) is 122 cm³/mol. The summed E-state index contributed by atoms with van der Waals surface area (Å²) in [5, 5.41) is 0. The Morgan fingerprint density at radius 3 is 1.38 bits per heavy atom. The van der Waals surface area contributed by atoms with E-state index in [0.717, 1.165) is 12.8 Å². The van der Waals surface area contributed by atoms with Crippen molar-refractivity contribution in [2.45, 2.75) is 135 Å². The molecule has 3 nitrogen and oxygen atoms in total. The van der Waals surface area contributed by atoms with Crippen LogP contribution in [0.1, 0.15) is 135 Å². The van der Waals surface area contributed by atoms with Gasteiger partial charge in [0.2, 0.25) is 0 Å². The number of allylic oxidation sites excluding steroid dienone is 1. The summed E-state index contributed by atoms with van der Waals surface area (Å²) < 4.78 is 4.59. The van der Waals surface area contributed by atoms with Gasteiger partial charge in [-0.3, -0.25) is 9.59 Å². The third-order valence-electron chi connectivity index (χ3n) is 6.17. The van der Waals surface area contributed by atoms with Gasteiger partial charge >= 0.3 is 11.9 Å². The molecule has 0 aromatic rings. The molecule has 0 aromatic heterocycles. The van der Waals surface area contributed by atoms with Crippen LogP contribution in [-0.4, -0.2) is 11.9 Å². The van der Waals surface area contributed by atoms with Crippen molar-refractivity contribution in [2.24, 2.45) is 5.92 Å². The van der Waals surface area contributed by atoms with Crippen LogP contribution in [0.15, 0.2) is 12.7 Å². The molecule has 1 fully saturated rings. The van der Waals surface area contributed by atoms with Gasteiger partial charge in [0.15, 0.2) is 0 Å². The quantitative estimate of drug-likeness (QED) is 0.0837. The Hall–Kier alpha value is -1.12. The first-order chi connectivity index (χ1) is 14.2. The summed E-state index contributed by atoms with van der Waals surface area (Å²) in [4.78, 5) is 22.4. The second-order valence-corrected chi connectivity index (χ2v) is 8.92. The molecule has 0 saturated carbocycles. The number of carbonyl (C=O) groups excluding carboxylic acids is 2. The van der Waals surface area contributed by atoms with E-state index in [1.54, 1.807) is 0 Å². The lowest BCUT2D eigenvalue weighted by molar-refractivity contribution is -0.153. The highest BCUT2D eigenvalue weighted by atomic mass is 16.6. The van der Waals surface area contributed by atoms with E-state index in [1.165, 1.54) is 116 Å². The molecular formula is C26H46O3. The zero-order valence-corrected chi connectivity index (χ0v) is 18.9. The second-order valence-electron chi connectivity index (χ2n) is 8.92. The van der Waals surface area contributed by atoms with Gasteiger partial charge in [-0.15, -0.1) is 6.58 Å². The lowest BCUT2D eigenvalue weighted by atomic mass is 9.98. The minimum absolute atomic E-state index is 0.158. The molecule has 168 valence electrons. The van der Waals surface area contributed by atoms with Gasteiger partial charge in [0, 0.05) is 0 Å². The smallest absolute Gasteiger partial charge is 0.317 e. The normalized spacial score (nSPS) is 16.3. The highest BCUT2D eigenvalue weighted by Gasteiger charge is 2.32. The Kier molecular flexibility index (Phi) is 16.9. The molecular weight excluding hydrogens is 360 g/mol. The van der Waals surface area contributed by atoms with E-state index in [-0.39, 0.29) is 17.9 Å². The zero-order chi connectivity index (χ0) is 21.0. The lowest BCUT2D eigenvalue weighted by Crippen LogP contribution is -2.06. The molecule has 1 aliphatic heterocycles. The molecule has 1 rings (SSSR count). The van der Waals surface area contributed by atoms with E-state index in [4.69, 9.17) is 0 Å². The highest BCUT2D eigenvalue weighted by molar-refractivity contribution is 5.94. The van der Waals surface area contributed by atoms with Crippen LogP contribution < -0.4 is 0 Å². The van der Waals surface area contributed by atoms with Crippen LogP contribution in [0.5, 0.6) is 0 Å². The summed E-state index contributed by atoms with van der Waals surface area (Å²) >= 11 is 0. The van der Waals surface area contributed by atoms with Crippen molar-refractivity contribution in [3.05, 3.63) is 12.7 Å². The minimum atomic E-state index is -0.342. The Morgan fingerprint density at radius 1 is 0.655 bits per heavy atom. The second kappa shape index (κ2) is 18.9. The summed E-state index contributed by atoms with van der Waals surface area (Å²) in [6, 6.07) is 0. The number of hydrogen-bond donors (Lipinski definition) is 0. The SMILES string of the molecule is C=CCCCCCCCCCCCCCCCCCCCCC1CC(=O)OC1=O. The van der Waals surface area contributed by atoms with E-state index in [2.05, 4.69) is 11.3 Å². The molecule has 1 unspecified atom stereocenters. The fourth-order valence-electron chi connectivity index (χ4n) is 4.25. The number of cyclic esters (lactones) is 2. The predicted octanol–water partition coefficient (Wildman–Crippen LogP) is 8.06. The molecule has 1 atom stereocenters. The van der Waals surface area contributed by atoms with Gasteiger partial charge in [0.25, 0.3) is 0 Å². The summed E-state index contributed by atoms with van der Waals surface area (Å²) in [5.41, 5.74) is 0. The highest BCUT2D eigenvalue weighted by Crippen LogP contribution is 2.22. The maximum Gasteiger partial charge on any atom is 0.317 e. The van der Waals surface area contributed by atoms with E-state index >= 15 is 0 Å². The minimum Gasteiger partial charge on any atom is -0.393 e. The summed E-state index contributed by atoms with van der Waals surface area (Å²) in [6.07, 6.45) is 28.7. The molecule has 0 bridgehead atoms. The summed E-state index contributed by atoms with van der Waals surface area (Å²) in [6.45, 7) is 3.77. The maximum absolute atomic E-state index is 11.4.